The van der Waals surface area contributed by atoms with Crippen LogP contribution in [-0.2, 0) is 11.3 Å². The van der Waals surface area contributed by atoms with E-state index in [1.54, 1.807) is 23.1 Å². The van der Waals surface area contributed by atoms with Gasteiger partial charge in [-0.2, -0.15) is 0 Å². The van der Waals surface area contributed by atoms with Gasteiger partial charge in [-0.15, -0.1) is 0 Å². The van der Waals surface area contributed by atoms with Crippen LogP contribution in [0.1, 0.15) is 17.5 Å². The summed E-state index contributed by atoms with van der Waals surface area (Å²) in [6.07, 6.45) is 2.48. The first-order valence-electron chi connectivity index (χ1n) is 12.7. The molecular weight excluding hydrogens is 513 g/mol. The number of anilines is 1. The minimum Gasteiger partial charge on any atom is -0.315 e. The van der Waals surface area contributed by atoms with Gasteiger partial charge in [-0.1, -0.05) is 90.5 Å². The zero-order valence-electron chi connectivity index (χ0n) is 21.2. The van der Waals surface area contributed by atoms with Crippen LogP contribution in [0.15, 0.2) is 109 Å². The largest absolute Gasteiger partial charge is 0.322 e. The number of nitrogens with zero attached hydrogens (tertiary/aromatic N) is 2. The van der Waals surface area contributed by atoms with Gasteiger partial charge in [0, 0.05) is 22.8 Å². The van der Waals surface area contributed by atoms with Gasteiger partial charge in [0.1, 0.15) is 12.4 Å². The second kappa shape index (κ2) is 12.0. The molecule has 0 unspecified atom stereocenters. The highest BCUT2D eigenvalue weighted by Gasteiger charge is 2.27. The van der Waals surface area contributed by atoms with Crippen molar-refractivity contribution in [3.05, 3.63) is 131 Å². The Labute approximate surface area is 232 Å². The molecule has 4 aromatic rings. The number of para-hydroxylation sites is 1. The van der Waals surface area contributed by atoms with Gasteiger partial charge in [-0.3, -0.25) is 4.79 Å². The predicted octanol–water partition coefficient (Wildman–Crippen LogP) is 7.45. The van der Waals surface area contributed by atoms with Crippen LogP contribution in [0.4, 0.5) is 14.9 Å². The molecular formula is C32H27ClFN3O2. The number of halogens is 2. The van der Waals surface area contributed by atoms with Gasteiger partial charge < -0.3 is 15.1 Å². The topological polar surface area (TPSA) is 52.7 Å². The van der Waals surface area contributed by atoms with Gasteiger partial charge in [-0.25, -0.2) is 9.18 Å². The first-order valence-corrected chi connectivity index (χ1v) is 13.1. The average Bonchev–Trinajstić information content (AvgIpc) is 2.94. The molecule has 1 aliphatic rings. The van der Waals surface area contributed by atoms with Crippen molar-refractivity contribution in [1.29, 1.82) is 0 Å². The molecule has 0 spiro atoms. The van der Waals surface area contributed by atoms with Crippen LogP contribution in [0.5, 0.6) is 0 Å². The first kappa shape index (κ1) is 26.2. The molecule has 0 saturated heterocycles. The van der Waals surface area contributed by atoms with Crippen LogP contribution in [0.25, 0.3) is 16.8 Å². The minimum absolute atomic E-state index is 0.113. The Morgan fingerprint density at radius 2 is 1.59 bits per heavy atom. The molecule has 5 nitrogen and oxygen atoms in total. The lowest BCUT2D eigenvalue weighted by molar-refractivity contribution is -0.129. The van der Waals surface area contributed by atoms with E-state index in [1.165, 1.54) is 17.0 Å². The van der Waals surface area contributed by atoms with Crippen LogP contribution >= 0.6 is 11.6 Å². The zero-order valence-corrected chi connectivity index (χ0v) is 21.9. The molecule has 0 bridgehead atoms. The third kappa shape index (κ3) is 6.36. The lowest BCUT2D eigenvalue weighted by atomic mass is 10.0. The number of rotatable bonds is 5. The van der Waals surface area contributed by atoms with E-state index in [1.807, 2.05) is 78.9 Å². The molecule has 1 aliphatic heterocycles. The first-order chi connectivity index (χ1) is 19.0. The van der Waals surface area contributed by atoms with Crippen molar-refractivity contribution >= 4 is 34.9 Å². The summed E-state index contributed by atoms with van der Waals surface area (Å²) in [5, 5.41) is 3.56. The Balaban J connectivity index is 1.41. The van der Waals surface area contributed by atoms with E-state index >= 15 is 0 Å². The molecule has 0 atom stereocenters. The Kier molecular flexibility index (Phi) is 8.04. The Morgan fingerprint density at radius 1 is 0.872 bits per heavy atom. The summed E-state index contributed by atoms with van der Waals surface area (Å²) in [5.74, 6) is -0.598. The average molecular weight is 540 g/mol. The van der Waals surface area contributed by atoms with Crippen molar-refractivity contribution in [3.8, 4) is 11.1 Å². The van der Waals surface area contributed by atoms with Crippen molar-refractivity contribution < 1.29 is 14.0 Å². The monoisotopic (exact) mass is 539 g/mol. The van der Waals surface area contributed by atoms with Gasteiger partial charge in [0.05, 0.1) is 12.2 Å². The molecule has 196 valence electrons. The standard InChI is InChI=1S/C32H27ClFN3O2/c33-26-11-6-10-25(20-26)30-14-7-19-36(22-31(38)37(30)21-23-15-17-27(34)18-16-23)32(39)35-29-13-5-4-12-28(29)24-8-2-1-3-9-24/h1-6,8-18,20H,7,19,21-22H2,(H,35,39)/b30-14-. The fourth-order valence-electron chi connectivity index (χ4n) is 4.63. The second-order valence-corrected chi connectivity index (χ2v) is 9.69. The number of nitrogens with one attached hydrogen (secondary N) is 1. The Morgan fingerprint density at radius 3 is 2.36 bits per heavy atom. The molecule has 0 aliphatic carbocycles. The number of urea groups is 1. The van der Waals surface area contributed by atoms with Gasteiger partial charge in [0.25, 0.3) is 0 Å². The van der Waals surface area contributed by atoms with Crippen LogP contribution in [-0.4, -0.2) is 34.8 Å². The molecule has 1 N–H and O–H groups in total. The number of benzene rings is 4. The molecule has 0 aromatic heterocycles. The maximum Gasteiger partial charge on any atom is 0.322 e. The molecule has 3 amide bonds. The zero-order chi connectivity index (χ0) is 27.2. The summed E-state index contributed by atoms with van der Waals surface area (Å²) in [6.45, 7) is 0.474. The quantitative estimate of drug-likeness (QED) is 0.286. The number of hydrogen-bond donors (Lipinski definition) is 1. The fraction of sp³-hybridized carbons (Fsp3) is 0.125. The van der Waals surface area contributed by atoms with Crippen LogP contribution in [0.3, 0.4) is 0 Å². The summed E-state index contributed by atoms with van der Waals surface area (Å²) in [5.41, 5.74) is 4.82. The molecule has 1 heterocycles. The predicted molar refractivity (Wildman–Crippen MR) is 153 cm³/mol. The highest BCUT2D eigenvalue weighted by molar-refractivity contribution is 6.30. The van der Waals surface area contributed by atoms with Crippen molar-refractivity contribution in [3.63, 3.8) is 0 Å². The van der Waals surface area contributed by atoms with E-state index in [0.717, 1.165) is 22.3 Å². The molecule has 4 aromatic carbocycles. The normalized spacial score (nSPS) is 15.2. The summed E-state index contributed by atoms with van der Waals surface area (Å²) in [4.78, 5) is 30.3. The summed E-state index contributed by atoms with van der Waals surface area (Å²) in [7, 11) is 0. The van der Waals surface area contributed by atoms with E-state index in [2.05, 4.69) is 5.32 Å². The fourth-order valence-corrected chi connectivity index (χ4v) is 4.82. The minimum atomic E-state index is -0.354. The van der Waals surface area contributed by atoms with Gasteiger partial charge in [0.2, 0.25) is 5.91 Å². The highest BCUT2D eigenvalue weighted by atomic mass is 35.5. The third-order valence-corrected chi connectivity index (χ3v) is 6.80. The molecule has 0 saturated carbocycles. The van der Waals surface area contributed by atoms with Crippen LogP contribution < -0.4 is 5.32 Å². The number of carbonyl (C=O) groups excluding carboxylic acids is 2. The van der Waals surface area contributed by atoms with Crippen molar-refractivity contribution in [2.45, 2.75) is 13.0 Å². The number of hydrogen-bond acceptors (Lipinski definition) is 2. The van der Waals surface area contributed by atoms with Crippen molar-refractivity contribution in [1.82, 2.24) is 9.80 Å². The third-order valence-electron chi connectivity index (χ3n) is 6.57. The maximum absolute atomic E-state index is 13.7. The van der Waals surface area contributed by atoms with E-state index in [9.17, 15) is 14.0 Å². The van der Waals surface area contributed by atoms with E-state index < -0.39 is 0 Å². The summed E-state index contributed by atoms with van der Waals surface area (Å²) < 4.78 is 13.5. The van der Waals surface area contributed by atoms with Crippen LogP contribution in [0.2, 0.25) is 5.02 Å². The molecule has 5 rings (SSSR count). The second-order valence-electron chi connectivity index (χ2n) is 9.26. The number of carbonyl (C=O) groups is 2. The Hall–Kier alpha value is -4.42. The van der Waals surface area contributed by atoms with Gasteiger partial charge in [-0.05, 0) is 53.4 Å². The van der Waals surface area contributed by atoms with E-state index in [4.69, 9.17) is 11.6 Å². The Bertz CT molecular complexity index is 1510. The van der Waals surface area contributed by atoms with Crippen molar-refractivity contribution in [2.75, 3.05) is 18.4 Å². The van der Waals surface area contributed by atoms with Gasteiger partial charge >= 0.3 is 6.03 Å². The summed E-state index contributed by atoms with van der Waals surface area (Å²) >= 11 is 6.26. The highest BCUT2D eigenvalue weighted by Crippen LogP contribution is 2.29. The molecule has 0 fully saturated rings. The molecule has 39 heavy (non-hydrogen) atoms. The van der Waals surface area contributed by atoms with Crippen molar-refractivity contribution in [2.24, 2.45) is 0 Å². The lowest BCUT2D eigenvalue weighted by Crippen LogP contribution is -2.45. The molecule has 7 heteroatoms. The number of amides is 3. The summed E-state index contributed by atoms with van der Waals surface area (Å²) in [6, 6.07) is 30.4. The SMILES string of the molecule is O=C(Nc1ccccc1-c1ccccc1)N1CC/C=C(/c2cccc(Cl)c2)N(Cc2ccc(F)cc2)C(=O)C1. The van der Waals surface area contributed by atoms with E-state index in [-0.39, 0.29) is 30.8 Å². The van der Waals surface area contributed by atoms with E-state index in [0.29, 0.717) is 29.4 Å². The van der Waals surface area contributed by atoms with Crippen LogP contribution in [0, 0.1) is 5.82 Å². The van der Waals surface area contributed by atoms with Gasteiger partial charge in [0.15, 0.2) is 0 Å². The lowest BCUT2D eigenvalue weighted by Gasteiger charge is -2.32. The maximum atomic E-state index is 13.7. The smallest absolute Gasteiger partial charge is 0.315 e. The molecule has 0 radical (unpaired) electrons.